The molecule has 0 saturated carbocycles. The summed E-state index contributed by atoms with van der Waals surface area (Å²) in [6.07, 6.45) is 0. The molecule has 0 aliphatic heterocycles. The van der Waals surface area contributed by atoms with Crippen molar-refractivity contribution in [2.24, 2.45) is 0 Å². The summed E-state index contributed by atoms with van der Waals surface area (Å²) in [5.41, 5.74) is 2.64. The number of benzene rings is 4. The zero-order valence-corrected chi connectivity index (χ0v) is 26.0. The Hall–Kier alpha value is -4.33. The van der Waals surface area contributed by atoms with Gasteiger partial charge in [0, 0.05) is 23.6 Å². The van der Waals surface area contributed by atoms with Crippen LogP contribution in [0.5, 0.6) is 23.0 Å². The second-order valence-corrected chi connectivity index (χ2v) is 10.6. The maximum Gasteiger partial charge on any atom is 1.00 e. The fourth-order valence-electron chi connectivity index (χ4n) is 3.99. The molecule has 2 aromatic heterocycles. The van der Waals surface area contributed by atoms with Crippen molar-refractivity contribution >= 4 is 10.1 Å². The predicted molar refractivity (Wildman–Crippen MR) is 149 cm³/mol. The normalized spacial score (nSPS) is 11.1. The van der Waals surface area contributed by atoms with Gasteiger partial charge in [0.1, 0.15) is 33.1 Å². The summed E-state index contributed by atoms with van der Waals surface area (Å²) in [6, 6.07) is 25.3. The van der Waals surface area contributed by atoms with Crippen molar-refractivity contribution in [3.8, 4) is 57.4 Å². The fraction of sp³-hybridized carbons (Fsp3) is 0.0667. The largest absolute Gasteiger partial charge is 1.00 e. The van der Waals surface area contributed by atoms with Crippen LogP contribution in [0.25, 0.3) is 34.4 Å². The summed E-state index contributed by atoms with van der Waals surface area (Å²) in [5, 5.41) is 15.8. The number of hydrogen-bond donors (Lipinski definition) is 0. The van der Waals surface area contributed by atoms with E-state index in [0.717, 1.165) is 11.6 Å². The van der Waals surface area contributed by atoms with E-state index in [1.807, 2.05) is 31.2 Å². The molecule has 0 N–H and O–H groups in total. The molecule has 2 heterocycles. The van der Waals surface area contributed by atoms with Crippen LogP contribution in [0.3, 0.4) is 0 Å². The van der Waals surface area contributed by atoms with Gasteiger partial charge in [-0.1, -0.05) is 17.7 Å². The van der Waals surface area contributed by atoms with Crippen LogP contribution in [0.15, 0.2) is 105 Å². The average Bonchev–Trinajstić information content (AvgIpc) is 3.65. The van der Waals surface area contributed by atoms with Crippen LogP contribution < -0.4 is 39.0 Å². The van der Waals surface area contributed by atoms with Crippen LogP contribution in [-0.4, -0.2) is 33.4 Å². The number of ether oxygens (including phenoxy) is 2. The van der Waals surface area contributed by atoms with Gasteiger partial charge >= 0.3 is 29.6 Å². The van der Waals surface area contributed by atoms with Crippen molar-refractivity contribution in [3.63, 3.8) is 0 Å². The van der Waals surface area contributed by atoms with Gasteiger partial charge in [0.2, 0.25) is 23.6 Å². The smallest absolute Gasteiger partial charge is 0.744 e. The first-order chi connectivity index (χ1) is 20.2. The summed E-state index contributed by atoms with van der Waals surface area (Å²) in [7, 11) is -4.92. The van der Waals surface area contributed by atoms with E-state index < -0.39 is 15.0 Å². The third kappa shape index (κ3) is 7.01. The van der Waals surface area contributed by atoms with Gasteiger partial charge in [-0.15, -0.1) is 20.4 Å². The molecule has 0 bridgehead atoms. The van der Waals surface area contributed by atoms with E-state index >= 15 is 0 Å². The van der Waals surface area contributed by atoms with Gasteiger partial charge in [0.05, 0.1) is 4.90 Å². The molecule has 0 atom stereocenters. The molecule has 210 valence electrons. The number of aromatic nitrogens is 4. The molecule has 0 radical (unpaired) electrons. The molecule has 11 nitrogen and oxygen atoms in total. The Kier molecular flexibility index (Phi) is 8.76. The molecule has 0 spiro atoms. The maximum atomic E-state index is 12.1. The standard InChI is InChI=1S/C30H22N4O7S.Na/c1-18-3-10-23(11-4-18)39-24-12-5-21(6-13-24)29-33-34-30(41-29)22-9-16-26(27(17-22)42(35,36)37)40-25-14-7-20(8-15-25)28-32-31-19(2)38-28;/h3-17H,1-2H3,(H,35,36,37);/q;+1/p-1. The first kappa shape index (κ1) is 30.1. The van der Waals surface area contributed by atoms with Crippen LogP contribution in [0.1, 0.15) is 11.5 Å². The number of nitrogens with zero attached hydrogens (tertiary/aromatic N) is 4. The Labute approximate surface area is 268 Å². The molecule has 0 amide bonds. The van der Waals surface area contributed by atoms with E-state index in [1.165, 1.54) is 12.1 Å². The van der Waals surface area contributed by atoms with Gasteiger partial charge in [0.25, 0.3) is 0 Å². The minimum atomic E-state index is -4.92. The van der Waals surface area contributed by atoms with Gasteiger partial charge in [-0.05, 0) is 85.8 Å². The third-order valence-corrected chi connectivity index (χ3v) is 6.96. The Morgan fingerprint density at radius 3 is 1.60 bits per heavy atom. The molecule has 0 saturated heterocycles. The molecule has 4 aromatic carbocycles. The van der Waals surface area contributed by atoms with E-state index in [1.54, 1.807) is 55.5 Å². The molecule has 13 heteroatoms. The minimum Gasteiger partial charge on any atom is -0.744 e. The Bertz CT molecular complexity index is 1970. The Morgan fingerprint density at radius 1 is 0.605 bits per heavy atom. The molecule has 43 heavy (non-hydrogen) atoms. The number of aryl methyl sites for hydroxylation is 2. The van der Waals surface area contributed by atoms with Crippen molar-refractivity contribution in [2.45, 2.75) is 18.7 Å². The predicted octanol–water partition coefficient (Wildman–Crippen LogP) is 3.56. The topological polar surface area (TPSA) is 154 Å². The fourth-order valence-corrected chi connectivity index (χ4v) is 4.62. The summed E-state index contributed by atoms with van der Waals surface area (Å²) in [5.74, 6) is 2.46. The summed E-state index contributed by atoms with van der Waals surface area (Å²) >= 11 is 0. The van der Waals surface area contributed by atoms with Crippen molar-refractivity contribution in [2.75, 3.05) is 0 Å². The van der Waals surface area contributed by atoms with E-state index in [4.69, 9.17) is 18.3 Å². The van der Waals surface area contributed by atoms with Gasteiger partial charge in [0.15, 0.2) is 0 Å². The summed E-state index contributed by atoms with van der Waals surface area (Å²) in [6.45, 7) is 3.68. The summed E-state index contributed by atoms with van der Waals surface area (Å²) < 4.78 is 59.2. The van der Waals surface area contributed by atoms with Crippen molar-refractivity contribution in [3.05, 3.63) is 102 Å². The molecule has 6 rings (SSSR count). The van der Waals surface area contributed by atoms with Crippen molar-refractivity contribution in [1.82, 2.24) is 20.4 Å². The first-order valence-electron chi connectivity index (χ1n) is 12.6. The van der Waals surface area contributed by atoms with E-state index in [0.29, 0.717) is 40.2 Å². The summed E-state index contributed by atoms with van der Waals surface area (Å²) in [4.78, 5) is -0.575. The first-order valence-corrected chi connectivity index (χ1v) is 14.0. The SMILES string of the molecule is Cc1ccc(Oc2ccc(-c3nnc(-c4ccc(Oc5ccc(-c6nnc(C)o6)cc5)c(S(=O)(=O)[O-])c4)o3)cc2)cc1.[Na+]. The van der Waals surface area contributed by atoms with E-state index in [2.05, 4.69) is 20.4 Å². The molecule has 0 fully saturated rings. The van der Waals surface area contributed by atoms with Crippen LogP contribution >= 0.6 is 0 Å². The second kappa shape index (κ2) is 12.5. The van der Waals surface area contributed by atoms with Crippen molar-refractivity contribution < 1.29 is 60.8 Å². The van der Waals surface area contributed by atoms with Gasteiger partial charge in [-0.2, -0.15) is 0 Å². The number of rotatable bonds is 8. The Morgan fingerprint density at radius 2 is 1.07 bits per heavy atom. The quantitative estimate of drug-likeness (QED) is 0.185. The zero-order valence-electron chi connectivity index (χ0n) is 23.2. The van der Waals surface area contributed by atoms with Crippen molar-refractivity contribution in [1.29, 1.82) is 0 Å². The van der Waals surface area contributed by atoms with Crippen LogP contribution in [0.4, 0.5) is 0 Å². The van der Waals surface area contributed by atoms with Gasteiger partial charge in [-0.3, -0.25) is 0 Å². The Balaban J connectivity index is 0.00000368. The van der Waals surface area contributed by atoms with Crippen LogP contribution in [-0.2, 0) is 10.1 Å². The minimum absolute atomic E-state index is 0. The molecule has 0 aliphatic rings. The third-order valence-electron chi connectivity index (χ3n) is 6.10. The monoisotopic (exact) mass is 604 g/mol. The molecule has 6 aromatic rings. The van der Waals surface area contributed by atoms with Gasteiger partial charge < -0.3 is 22.9 Å². The van der Waals surface area contributed by atoms with Crippen LogP contribution in [0.2, 0.25) is 0 Å². The molecular formula is C30H21N4NaO7S. The molecule has 0 unspecified atom stereocenters. The second-order valence-electron chi connectivity index (χ2n) is 9.22. The van der Waals surface area contributed by atoms with E-state index in [-0.39, 0.29) is 52.7 Å². The maximum absolute atomic E-state index is 12.1. The molecule has 0 aliphatic carbocycles. The number of hydrogen-bond acceptors (Lipinski definition) is 11. The zero-order chi connectivity index (χ0) is 29.3. The average molecular weight is 605 g/mol. The van der Waals surface area contributed by atoms with E-state index in [9.17, 15) is 13.0 Å². The van der Waals surface area contributed by atoms with Gasteiger partial charge in [-0.25, -0.2) is 8.42 Å². The molecular weight excluding hydrogens is 583 g/mol. The van der Waals surface area contributed by atoms with Crippen LogP contribution in [0, 0.1) is 13.8 Å².